The molecule has 0 heterocycles. The molecule has 2 N–H and O–H groups in total. The summed E-state index contributed by atoms with van der Waals surface area (Å²) in [5.74, 6) is -0.176. The number of aromatic hydroxyl groups is 1. The number of hydrogen-bond donors (Lipinski definition) is 2. The van der Waals surface area contributed by atoms with Crippen molar-refractivity contribution in [2.75, 3.05) is 5.32 Å². The van der Waals surface area contributed by atoms with Crippen LogP contribution in [-0.2, 0) is 0 Å². The van der Waals surface area contributed by atoms with Crippen LogP contribution in [-0.4, -0.2) is 11.0 Å². The molecule has 0 spiro atoms. The van der Waals surface area contributed by atoms with E-state index in [1.54, 1.807) is 30.3 Å². The van der Waals surface area contributed by atoms with Crippen molar-refractivity contribution in [1.29, 1.82) is 0 Å². The number of phenolic OH excluding ortho intramolecular Hbond substituents is 1. The van der Waals surface area contributed by atoms with Gasteiger partial charge in [-0.2, -0.15) is 0 Å². The Labute approximate surface area is 116 Å². The summed E-state index contributed by atoms with van der Waals surface area (Å²) in [7, 11) is 0. The minimum atomic E-state index is -0.239. The number of hydrogen-bond acceptors (Lipinski definition) is 2. The molecule has 3 aromatic rings. The van der Waals surface area contributed by atoms with Gasteiger partial charge in [-0.3, -0.25) is 4.79 Å². The summed E-state index contributed by atoms with van der Waals surface area (Å²) in [5.41, 5.74) is 0.997. The zero-order valence-electron chi connectivity index (χ0n) is 10.7. The molecule has 0 saturated carbocycles. The normalized spacial score (nSPS) is 10.4. The molecule has 1 amide bonds. The molecule has 0 aromatic heterocycles. The van der Waals surface area contributed by atoms with Gasteiger partial charge >= 0.3 is 0 Å². The summed E-state index contributed by atoms with van der Waals surface area (Å²) in [5, 5.41) is 14.6. The zero-order chi connectivity index (χ0) is 13.9. The third kappa shape index (κ3) is 2.21. The van der Waals surface area contributed by atoms with Gasteiger partial charge in [-0.05, 0) is 23.6 Å². The van der Waals surface area contributed by atoms with Crippen LogP contribution >= 0.6 is 0 Å². The number of benzene rings is 3. The van der Waals surface area contributed by atoms with E-state index in [9.17, 15) is 9.90 Å². The molecule has 0 saturated heterocycles. The molecule has 0 aliphatic carbocycles. The van der Waals surface area contributed by atoms with Crippen LogP contribution in [0.15, 0.2) is 66.7 Å². The minimum absolute atomic E-state index is 0.0629. The maximum atomic E-state index is 12.2. The van der Waals surface area contributed by atoms with Gasteiger partial charge in [0, 0.05) is 10.9 Å². The average Bonchev–Trinajstić information content (AvgIpc) is 2.51. The van der Waals surface area contributed by atoms with E-state index in [1.807, 2.05) is 36.4 Å². The standard InChI is InChI=1S/C17H13NO2/c19-15-11-10-12-6-4-5-9-14(12)16(15)18-17(20)13-7-2-1-3-8-13/h1-11,19H,(H,18,20). The predicted octanol–water partition coefficient (Wildman–Crippen LogP) is 3.80. The van der Waals surface area contributed by atoms with Crippen LogP contribution in [0.3, 0.4) is 0 Å². The monoisotopic (exact) mass is 263 g/mol. The second-order valence-electron chi connectivity index (χ2n) is 4.50. The molecule has 0 radical (unpaired) electrons. The van der Waals surface area contributed by atoms with Gasteiger partial charge in [0.05, 0.1) is 5.69 Å². The summed E-state index contributed by atoms with van der Waals surface area (Å²) in [6.07, 6.45) is 0. The number of anilines is 1. The Morgan fingerprint density at radius 2 is 1.55 bits per heavy atom. The molecule has 3 rings (SSSR count). The van der Waals surface area contributed by atoms with Crippen LogP contribution in [0.2, 0.25) is 0 Å². The van der Waals surface area contributed by atoms with Gasteiger partial charge in [-0.15, -0.1) is 0 Å². The van der Waals surface area contributed by atoms with E-state index >= 15 is 0 Å². The Balaban J connectivity index is 2.03. The first kappa shape index (κ1) is 12.2. The maximum absolute atomic E-state index is 12.2. The van der Waals surface area contributed by atoms with Gasteiger partial charge in [-0.25, -0.2) is 0 Å². The van der Waals surface area contributed by atoms with Gasteiger partial charge in [0.15, 0.2) is 0 Å². The third-order valence-electron chi connectivity index (χ3n) is 3.18. The van der Waals surface area contributed by atoms with Crippen molar-refractivity contribution in [1.82, 2.24) is 0 Å². The fraction of sp³-hybridized carbons (Fsp3) is 0. The second-order valence-corrected chi connectivity index (χ2v) is 4.50. The fourth-order valence-corrected chi connectivity index (χ4v) is 2.17. The Morgan fingerprint density at radius 3 is 2.35 bits per heavy atom. The van der Waals surface area contributed by atoms with E-state index in [1.165, 1.54) is 0 Å². The van der Waals surface area contributed by atoms with E-state index in [4.69, 9.17) is 0 Å². The molecule has 20 heavy (non-hydrogen) atoms. The molecular formula is C17H13NO2. The second kappa shape index (κ2) is 5.05. The summed E-state index contributed by atoms with van der Waals surface area (Å²) in [6.45, 7) is 0. The molecule has 0 atom stereocenters. The zero-order valence-corrected chi connectivity index (χ0v) is 10.7. The van der Waals surface area contributed by atoms with Crippen LogP contribution in [0.1, 0.15) is 10.4 Å². The third-order valence-corrected chi connectivity index (χ3v) is 3.18. The highest BCUT2D eigenvalue weighted by molar-refractivity contribution is 6.10. The molecule has 0 unspecified atom stereocenters. The first-order valence-electron chi connectivity index (χ1n) is 6.33. The van der Waals surface area contributed by atoms with E-state index in [2.05, 4.69) is 5.32 Å². The highest BCUT2D eigenvalue weighted by Gasteiger charge is 2.11. The number of fused-ring (bicyclic) bond motifs is 1. The first-order chi connectivity index (χ1) is 9.75. The number of carbonyl (C=O) groups excluding carboxylic acids is 1. The molecular weight excluding hydrogens is 250 g/mol. The number of phenols is 1. The maximum Gasteiger partial charge on any atom is 0.255 e. The highest BCUT2D eigenvalue weighted by atomic mass is 16.3. The van der Waals surface area contributed by atoms with Crippen molar-refractivity contribution in [3.05, 3.63) is 72.3 Å². The van der Waals surface area contributed by atoms with Crippen LogP contribution in [0, 0.1) is 0 Å². The van der Waals surface area contributed by atoms with Crippen molar-refractivity contribution in [3.8, 4) is 5.75 Å². The van der Waals surface area contributed by atoms with E-state index in [0.717, 1.165) is 10.8 Å². The fourth-order valence-electron chi connectivity index (χ4n) is 2.17. The largest absolute Gasteiger partial charge is 0.506 e. The van der Waals surface area contributed by atoms with E-state index < -0.39 is 0 Å². The lowest BCUT2D eigenvalue weighted by Crippen LogP contribution is -2.12. The summed E-state index contributed by atoms with van der Waals surface area (Å²) in [4.78, 5) is 12.2. The summed E-state index contributed by atoms with van der Waals surface area (Å²) < 4.78 is 0. The molecule has 3 heteroatoms. The Hall–Kier alpha value is -2.81. The van der Waals surface area contributed by atoms with Gasteiger partial charge in [0.2, 0.25) is 0 Å². The van der Waals surface area contributed by atoms with Crippen LogP contribution in [0.25, 0.3) is 10.8 Å². The lowest BCUT2D eigenvalue weighted by molar-refractivity contribution is 0.102. The van der Waals surface area contributed by atoms with Gasteiger partial charge in [0.25, 0.3) is 5.91 Å². The Morgan fingerprint density at radius 1 is 0.850 bits per heavy atom. The van der Waals surface area contributed by atoms with Crippen molar-refractivity contribution in [2.24, 2.45) is 0 Å². The molecule has 0 fully saturated rings. The summed E-state index contributed by atoms with van der Waals surface area (Å²) in [6, 6.07) is 19.9. The van der Waals surface area contributed by atoms with Gasteiger partial charge in [0.1, 0.15) is 5.75 Å². The average molecular weight is 263 g/mol. The first-order valence-corrected chi connectivity index (χ1v) is 6.33. The Bertz CT molecular complexity index is 766. The number of amides is 1. The van der Waals surface area contributed by atoms with E-state index in [-0.39, 0.29) is 11.7 Å². The summed E-state index contributed by atoms with van der Waals surface area (Å²) >= 11 is 0. The van der Waals surface area contributed by atoms with Gasteiger partial charge < -0.3 is 10.4 Å². The SMILES string of the molecule is O=C(Nc1c(O)ccc2ccccc12)c1ccccc1. The van der Waals surface area contributed by atoms with Crippen molar-refractivity contribution in [2.45, 2.75) is 0 Å². The van der Waals surface area contributed by atoms with Crippen LogP contribution in [0.4, 0.5) is 5.69 Å². The smallest absolute Gasteiger partial charge is 0.255 e. The quantitative estimate of drug-likeness (QED) is 0.691. The van der Waals surface area contributed by atoms with Crippen LogP contribution < -0.4 is 5.32 Å². The highest BCUT2D eigenvalue weighted by Crippen LogP contribution is 2.32. The lowest BCUT2D eigenvalue weighted by Gasteiger charge is -2.10. The molecule has 0 aliphatic rings. The molecule has 0 aliphatic heterocycles. The molecule has 3 nitrogen and oxygen atoms in total. The topological polar surface area (TPSA) is 49.3 Å². The van der Waals surface area contributed by atoms with Crippen molar-refractivity contribution < 1.29 is 9.90 Å². The number of nitrogens with one attached hydrogen (secondary N) is 1. The van der Waals surface area contributed by atoms with Crippen LogP contribution in [0.5, 0.6) is 5.75 Å². The molecule has 3 aromatic carbocycles. The minimum Gasteiger partial charge on any atom is -0.506 e. The van der Waals surface area contributed by atoms with Gasteiger partial charge in [-0.1, -0.05) is 48.5 Å². The van der Waals surface area contributed by atoms with Crippen molar-refractivity contribution in [3.63, 3.8) is 0 Å². The lowest BCUT2D eigenvalue weighted by atomic mass is 10.1. The Kier molecular flexibility index (Phi) is 3.09. The van der Waals surface area contributed by atoms with Crippen molar-refractivity contribution >= 4 is 22.4 Å². The number of carbonyl (C=O) groups is 1. The predicted molar refractivity (Wildman–Crippen MR) is 80.0 cm³/mol. The molecule has 0 bridgehead atoms. The van der Waals surface area contributed by atoms with E-state index in [0.29, 0.717) is 11.3 Å². The number of rotatable bonds is 2. The molecule has 98 valence electrons.